The molecule has 0 aliphatic heterocycles. The van der Waals surface area contributed by atoms with Crippen LogP contribution < -0.4 is 10.5 Å². The summed E-state index contributed by atoms with van der Waals surface area (Å²) in [7, 11) is -2.63. The Bertz CT molecular complexity index is 1030. The molecule has 0 bridgehead atoms. The fourth-order valence-electron chi connectivity index (χ4n) is 4.60. The van der Waals surface area contributed by atoms with Gasteiger partial charge < -0.3 is 10.1 Å². The number of primary sulfonamides is 1. The summed E-state index contributed by atoms with van der Waals surface area (Å²) in [6, 6.07) is 12.9. The van der Waals surface area contributed by atoms with Crippen molar-refractivity contribution in [3.05, 3.63) is 59.2 Å². The van der Waals surface area contributed by atoms with E-state index in [2.05, 4.69) is 29.6 Å². The molecule has 0 saturated heterocycles. The molecule has 6 nitrogen and oxygen atoms in total. The number of sulfonamides is 1. The highest BCUT2D eigenvalue weighted by molar-refractivity contribution is 7.89. The normalized spacial score (nSPS) is 23.1. The van der Waals surface area contributed by atoms with Crippen LogP contribution in [0, 0.1) is 5.92 Å². The minimum atomic E-state index is -3.89. The standard InChI is InChI=1S/C21H24N2O4S/c1-27-20(24)17-11-16(28(22,25)26)8-9-19(17)23-13-15-12-21(15)10-4-6-14-5-2-3-7-18(14)21/h2-3,5,7-9,11,15,23H,4,6,10,12-13H2,1H3,(H2,22,25,26). The van der Waals surface area contributed by atoms with E-state index in [0.29, 0.717) is 18.2 Å². The van der Waals surface area contributed by atoms with Gasteiger partial charge in [-0.3, -0.25) is 0 Å². The fourth-order valence-corrected chi connectivity index (χ4v) is 5.14. The lowest BCUT2D eigenvalue weighted by molar-refractivity contribution is 0.0601. The smallest absolute Gasteiger partial charge is 0.340 e. The molecule has 2 atom stereocenters. The van der Waals surface area contributed by atoms with Crippen LogP contribution in [0.3, 0.4) is 0 Å². The lowest BCUT2D eigenvalue weighted by atomic mass is 9.78. The summed E-state index contributed by atoms with van der Waals surface area (Å²) in [6.07, 6.45) is 4.65. The van der Waals surface area contributed by atoms with E-state index in [1.54, 1.807) is 6.07 Å². The topological polar surface area (TPSA) is 98.5 Å². The van der Waals surface area contributed by atoms with Gasteiger partial charge in [-0.05, 0) is 60.9 Å². The summed E-state index contributed by atoms with van der Waals surface area (Å²) in [5.41, 5.74) is 3.88. The first-order chi connectivity index (χ1) is 13.3. The molecule has 2 aromatic carbocycles. The van der Waals surface area contributed by atoms with Crippen LogP contribution in [0.2, 0.25) is 0 Å². The second kappa shape index (κ2) is 6.90. The van der Waals surface area contributed by atoms with Crippen molar-refractivity contribution >= 4 is 21.7 Å². The highest BCUT2D eigenvalue weighted by atomic mass is 32.2. The number of aryl methyl sites for hydroxylation is 1. The van der Waals surface area contributed by atoms with Gasteiger partial charge in [-0.1, -0.05) is 24.3 Å². The van der Waals surface area contributed by atoms with Crippen LogP contribution in [0.25, 0.3) is 0 Å². The second-order valence-electron chi connectivity index (χ2n) is 7.69. The predicted octanol–water partition coefficient (Wildman–Crippen LogP) is 2.83. The SMILES string of the molecule is COC(=O)c1cc(S(N)(=O)=O)ccc1NCC1CC12CCCc1ccccc12. The van der Waals surface area contributed by atoms with Crippen LogP contribution in [-0.4, -0.2) is 28.0 Å². The van der Waals surface area contributed by atoms with Gasteiger partial charge in [0.05, 0.1) is 17.6 Å². The number of nitrogens with one attached hydrogen (secondary N) is 1. The van der Waals surface area contributed by atoms with Gasteiger partial charge in [-0.2, -0.15) is 0 Å². The third-order valence-corrected chi connectivity index (χ3v) is 7.03. The van der Waals surface area contributed by atoms with Crippen molar-refractivity contribution in [3.8, 4) is 0 Å². The zero-order valence-corrected chi connectivity index (χ0v) is 16.6. The van der Waals surface area contributed by atoms with E-state index < -0.39 is 16.0 Å². The van der Waals surface area contributed by atoms with E-state index in [1.807, 2.05) is 0 Å². The molecule has 0 aromatic heterocycles. The molecule has 1 fully saturated rings. The van der Waals surface area contributed by atoms with E-state index >= 15 is 0 Å². The van der Waals surface area contributed by atoms with Gasteiger partial charge in [0.1, 0.15) is 0 Å². The number of carbonyl (C=O) groups excluding carboxylic acids is 1. The Labute approximate surface area is 165 Å². The van der Waals surface area contributed by atoms with Gasteiger partial charge in [-0.25, -0.2) is 18.4 Å². The number of anilines is 1. The van der Waals surface area contributed by atoms with Crippen LogP contribution in [0.15, 0.2) is 47.4 Å². The maximum Gasteiger partial charge on any atom is 0.340 e. The number of esters is 1. The van der Waals surface area contributed by atoms with Gasteiger partial charge in [0.25, 0.3) is 0 Å². The van der Waals surface area contributed by atoms with Crippen molar-refractivity contribution in [2.24, 2.45) is 11.1 Å². The minimum absolute atomic E-state index is 0.109. The van der Waals surface area contributed by atoms with Crippen LogP contribution >= 0.6 is 0 Å². The summed E-state index contributed by atoms with van der Waals surface area (Å²) in [5.74, 6) is -0.112. The van der Waals surface area contributed by atoms with Gasteiger partial charge in [0, 0.05) is 17.6 Å². The van der Waals surface area contributed by atoms with E-state index in [0.717, 1.165) is 12.8 Å². The number of nitrogens with two attached hydrogens (primary N) is 1. The monoisotopic (exact) mass is 400 g/mol. The van der Waals surface area contributed by atoms with Gasteiger partial charge >= 0.3 is 5.97 Å². The highest BCUT2D eigenvalue weighted by Gasteiger charge is 2.55. The molecule has 4 rings (SSSR count). The first kappa shape index (κ1) is 19.0. The summed E-state index contributed by atoms with van der Waals surface area (Å²) in [5, 5.41) is 8.52. The number of carbonyl (C=O) groups is 1. The first-order valence-electron chi connectivity index (χ1n) is 9.42. The average molecular weight is 401 g/mol. The van der Waals surface area contributed by atoms with Crippen LogP contribution in [0.4, 0.5) is 5.69 Å². The van der Waals surface area contributed by atoms with Crippen molar-refractivity contribution in [3.63, 3.8) is 0 Å². The van der Waals surface area contributed by atoms with Crippen molar-refractivity contribution in [2.75, 3.05) is 19.0 Å². The zero-order valence-electron chi connectivity index (χ0n) is 15.8. The van der Waals surface area contributed by atoms with Crippen molar-refractivity contribution in [1.29, 1.82) is 0 Å². The second-order valence-corrected chi connectivity index (χ2v) is 9.25. The quantitative estimate of drug-likeness (QED) is 0.752. The largest absolute Gasteiger partial charge is 0.465 e. The maximum absolute atomic E-state index is 12.1. The molecule has 28 heavy (non-hydrogen) atoms. The Morgan fingerprint density at radius 3 is 2.82 bits per heavy atom. The molecule has 148 valence electrons. The van der Waals surface area contributed by atoms with Gasteiger partial charge in [0.15, 0.2) is 0 Å². The number of benzene rings is 2. The minimum Gasteiger partial charge on any atom is -0.465 e. The lowest BCUT2D eigenvalue weighted by Gasteiger charge is -2.27. The van der Waals surface area contributed by atoms with Crippen LogP contribution in [-0.2, 0) is 26.6 Å². The fraction of sp³-hybridized carbons (Fsp3) is 0.381. The lowest BCUT2D eigenvalue weighted by Crippen LogP contribution is -2.21. The number of hydrogen-bond acceptors (Lipinski definition) is 5. The molecular formula is C21H24N2O4S. The Morgan fingerprint density at radius 1 is 1.29 bits per heavy atom. The van der Waals surface area contributed by atoms with Crippen LogP contribution in [0.5, 0.6) is 0 Å². The molecule has 0 heterocycles. The Kier molecular flexibility index (Phi) is 4.67. The van der Waals surface area contributed by atoms with E-state index in [1.165, 1.54) is 43.2 Å². The molecule has 2 aliphatic carbocycles. The van der Waals surface area contributed by atoms with Gasteiger partial charge in [-0.15, -0.1) is 0 Å². The Balaban J connectivity index is 1.55. The third kappa shape index (κ3) is 3.29. The molecule has 1 saturated carbocycles. The first-order valence-corrected chi connectivity index (χ1v) is 11.0. The number of rotatable bonds is 5. The van der Waals surface area contributed by atoms with Crippen LogP contribution in [0.1, 0.15) is 40.7 Å². The number of ether oxygens (including phenoxy) is 1. The molecule has 7 heteroatoms. The van der Waals surface area contributed by atoms with Crippen molar-refractivity contribution in [1.82, 2.24) is 0 Å². The average Bonchev–Trinajstić information content (AvgIpc) is 3.38. The molecule has 2 aliphatic rings. The number of hydrogen-bond donors (Lipinski definition) is 2. The van der Waals surface area contributed by atoms with E-state index in [4.69, 9.17) is 9.88 Å². The molecule has 0 amide bonds. The molecule has 3 N–H and O–H groups in total. The molecule has 2 aromatic rings. The highest BCUT2D eigenvalue weighted by Crippen LogP contribution is 2.60. The number of methoxy groups -OCH3 is 1. The van der Waals surface area contributed by atoms with Gasteiger partial charge in [0.2, 0.25) is 10.0 Å². The van der Waals surface area contributed by atoms with E-state index in [9.17, 15) is 13.2 Å². The van der Waals surface area contributed by atoms with Crippen molar-refractivity contribution < 1.29 is 17.9 Å². The summed E-state index contributed by atoms with van der Waals surface area (Å²) < 4.78 is 28.0. The summed E-state index contributed by atoms with van der Waals surface area (Å²) in [4.78, 5) is 12.0. The molecular weight excluding hydrogens is 376 g/mol. The molecule has 2 unspecified atom stereocenters. The predicted molar refractivity (Wildman–Crippen MR) is 107 cm³/mol. The molecule has 1 spiro atoms. The summed E-state index contributed by atoms with van der Waals surface area (Å²) in [6.45, 7) is 0.715. The Hall–Kier alpha value is -2.38. The third-order valence-electron chi connectivity index (χ3n) is 6.12. The van der Waals surface area contributed by atoms with E-state index in [-0.39, 0.29) is 15.9 Å². The zero-order chi connectivity index (χ0) is 19.9. The molecule has 0 radical (unpaired) electrons. The summed E-state index contributed by atoms with van der Waals surface area (Å²) >= 11 is 0. The number of fused-ring (bicyclic) bond motifs is 2. The maximum atomic E-state index is 12.1. The Morgan fingerprint density at radius 2 is 2.07 bits per heavy atom. The van der Waals surface area contributed by atoms with Crippen molar-refractivity contribution in [2.45, 2.75) is 36.0 Å².